The first kappa shape index (κ1) is 19.8. The minimum absolute atomic E-state index is 0. The molecular weight excluding hydrogens is 382 g/mol. The number of carbonyl (C=O) groups excluding carboxylic acids is 1. The van der Waals surface area contributed by atoms with Gasteiger partial charge in [-0.25, -0.2) is 9.97 Å². The van der Waals surface area contributed by atoms with E-state index in [0.29, 0.717) is 23.9 Å². The number of H-pyrrole nitrogens is 1. The van der Waals surface area contributed by atoms with Crippen molar-refractivity contribution in [1.29, 1.82) is 0 Å². The first-order chi connectivity index (χ1) is 12.7. The number of anilines is 1. The van der Waals surface area contributed by atoms with Crippen LogP contribution in [0.2, 0.25) is 0 Å². The Kier molecular flexibility index (Phi) is 6.46. The summed E-state index contributed by atoms with van der Waals surface area (Å²) < 4.78 is 0. The maximum absolute atomic E-state index is 12.3. The van der Waals surface area contributed by atoms with Crippen molar-refractivity contribution in [2.75, 3.05) is 18.4 Å². The largest absolute Gasteiger partial charge is 0.342 e. The molecule has 1 aliphatic rings. The maximum Gasteiger partial charge on any atom is 0.226 e. The summed E-state index contributed by atoms with van der Waals surface area (Å²) in [4.78, 5) is 25.8. The molecule has 0 unspecified atom stereocenters. The zero-order valence-corrected chi connectivity index (χ0v) is 16.9. The Labute approximate surface area is 168 Å². The molecule has 1 amide bonds. The van der Waals surface area contributed by atoms with E-state index < -0.39 is 0 Å². The Morgan fingerprint density at radius 2 is 2.15 bits per heavy atom. The number of imidazole rings is 1. The van der Waals surface area contributed by atoms with E-state index in [9.17, 15) is 4.79 Å². The van der Waals surface area contributed by atoms with Crippen molar-refractivity contribution in [2.24, 2.45) is 0 Å². The molecule has 4 rings (SSSR count). The number of benzene rings is 1. The molecule has 3 aromatic rings. The Bertz CT molecular complexity index is 916. The molecule has 1 fully saturated rings. The number of fused-ring (bicyclic) bond motifs is 1. The second-order valence-electron chi connectivity index (χ2n) is 6.79. The first-order valence-electron chi connectivity index (χ1n) is 9.09. The lowest BCUT2D eigenvalue weighted by molar-refractivity contribution is -0.116. The highest BCUT2D eigenvalue weighted by atomic mass is 35.5. The van der Waals surface area contributed by atoms with E-state index in [1.165, 1.54) is 4.88 Å². The molecule has 27 heavy (non-hydrogen) atoms. The molecule has 3 N–H and O–H groups in total. The average Bonchev–Trinajstić information content (AvgIpc) is 3.28. The van der Waals surface area contributed by atoms with E-state index in [-0.39, 0.29) is 18.3 Å². The fraction of sp³-hybridized carbons (Fsp3) is 0.421. The molecule has 8 heteroatoms. The molecular formula is C19H24ClN5OS. The highest BCUT2D eigenvalue weighted by Crippen LogP contribution is 2.31. The summed E-state index contributed by atoms with van der Waals surface area (Å²) in [5, 5.41) is 7.00. The highest BCUT2D eigenvalue weighted by molar-refractivity contribution is 7.15. The molecule has 144 valence electrons. The smallest absolute Gasteiger partial charge is 0.226 e. The molecule has 0 atom stereocenters. The second-order valence-corrected chi connectivity index (χ2v) is 7.86. The van der Waals surface area contributed by atoms with Gasteiger partial charge in [0.15, 0.2) is 5.13 Å². The predicted octanol–water partition coefficient (Wildman–Crippen LogP) is 3.79. The summed E-state index contributed by atoms with van der Waals surface area (Å²) in [5.41, 5.74) is 3.14. The van der Waals surface area contributed by atoms with Crippen LogP contribution in [0.3, 0.4) is 0 Å². The number of aromatic amines is 1. The minimum Gasteiger partial charge on any atom is -0.342 e. The number of nitrogens with one attached hydrogen (secondary N) is 3. The zero-order valence-electron chi connectivity index (χ0n) is 15.2. The maximum atomic E-state index is 12.3. The number of hydrogen-bond acceptors (Lipinski definition) is 5. The van der Waals surface area contributed by atoms with Gasteiger partial charge in [-0.15, -0.1) is 23.7 Å². The number of thiazole rings is 1. The van der Waals surface area contributed by atoms with E-state index in [0.717, 1.165) is 48.4 Å². The van der Waals surface area contributed by atoms with E-state index in [1.807, 2.05) is 31.3 Å². The fourth-order valence-electron chi connectivity index (χ4n) is 3.40. The van der Waals surface area contributed by atoms with Gasteiger partial charge in [0.1, 0.15) is 5.82 Å². The monoisotopic (exact) mass is 405 g/mol. The Balaban J connectivity index is 0.00000210. The van der Waals surface area contributed by atoms with Crippen LogP contribution in [0.1, 0.15) is 41.4 Å². The van der Waals surface area contributed by atoms with Gasteiger partial charge in [-0.05, 0) is 50.4 Å². The van der Waals surface area contributed by atoms with Crippen LogP contribution < -0.4 is 10.6 Å². The van der Waals surface area contributed by atoms with E-state index in [2.05, 4.69) is 25.6 Å². The number of rotatable bonds is 5. The number of amides is 1. The van der Waals surface area contributed by atoms with Crippen LogP contribution in [0, 0.1) is 6.92 Å². The third-order valence-corrected chi connectivity index (χ3v) is 5.94. The van der Waals surface area contributed by atoms with Gasteiger partial charge in [0.25, 0.3) is 0 Å². The van der Waals surface area contributed by atoms with Gasteiger partial charge in [-0.1, -0.05) is 12.1 Å². The molecule has 6 nitrogen and oxygen atoms in total. The SMILES string of the molecule is Cc1cccc2[nH]c(CCC(=O)Nc3ncc(C4CCNCC4)s3)nc12.Cl. The lowest BCUT2D eigenvalue weighted by atomic mass is 9.97. The van der Waals surface area contributed by atoms with Gasteiger partial charge >= 0.3 is 0 Å². The van der Waals surface area contributed by atoms with Gasteiger partial charge < -0.3 is 15.6 Å². The number of nitrogens with zero attached hydrogens (tertiary/aromatic N) is 2. The molecule has 0 spiro atoms. The normalized spacial score (nSPS) is 14.9. The van der Waals surface area contributed by atoms with Crippen LogP contribution >= 0.6 is 23.7 Å². The molecule has 1 saturated heterocycles. The third-order valence-electron chi connectivity index (χ3n) is 4.86. The van der Waals surface area contributed by atoms with Crippen LogP contribution in [-0.4, -0.2) is 33.9 Å². The fourth-order valence-corrected chi connectivity index (χ4v) is 4.40. The summed E-state index contributed by atoms with van der Waals surface area (Å²) in [6, 6.07) is 6.06. The van der Waals surface area contributed by atoms with Crippen molar-refractivity contribution in [3.8, 4) is 0 Å². The number of carbonyl (C=O) groups is 1. The van der Waals surface area contributed by atoms with Gasteiger partial charge in [0.2, 0.25) is 5.91 Å². The van der Waals surface area contributed by atoms with Crippen molar-refractivity contribution in [3.05, 3.63) is 40.7 Å². The molecule has 0 bridgehead atoms. The van der Waals surface area contributed by atoms with Crippen LogP contribution in [0.5, 0.6) is 0 Å². The van der Waals surface area contributed by atoms with Crippen LogP contribution in [0.25, 0.3) is 11.0 Å². The number of aryl methyl sites for hydroxylation is 2. The molecule has 2 aromatic heterocycles. The van der Waals surface area contributed by atoms with Gasteiger partial charge in [0.05, 0.1) is 11.0 Å². The Hall–Kier alpha value is -1.96. The number of hydrogen-bond donors (Lipinski definition) is 3. The number of piperidine rings is 1. The molecule has 1 aromatic carbocycles. The number of aromatic nitrogens is 3. The molecule has 1 aliphatic heterocycles. The lowest BCUT2D eigenvalue weighted by Crippen LogP contribution is -2.26. The number of para-hydroxylation sites is 1. The van der Waals surface area contributed by atoms with E-state index >= 15 is 0 Å². The van der Waals surface area contributed by atoms with Crippen molar-refractivity contribution in [1.82, 2.24) is 20.3 Å². The summed E-state index contributed by atoms with van der Waals surface area (Å²) in [6.45, 7) is 4.16. The summed E-state index contributed by atoms with van der Waals surface area (Å²) in [6.07, 6.45) is 5.17. The highest BCUT2D eigenvalue weighted by Gasteiger charge is 2.18. The van der Waals surface area contributed by atoms with Crippen molar-refractivity contribution in [2.45, 2.75) is 38.5 Å². The standard InChI is InChI=1S/C19H23N5OS.ClH/c1-12-3-2-4-14-18(12)23-16(22-14)5-6-17(25)24-19-21-11-15(26-19)13-7-9-20-10-8-13;/h2-4,11,13,20H,5-10H2,1H3,(H,22,23)(H,21,24,25);1H. The van der Waals surface area contributed by atoms with Crippen LogP contribution in [0.4, 0.5) is 5.13 Å². The molecule has 3 heterocycles. The van der Waals surface area contributed by atoms with E-state index in [1.54, 1.807) is 11.3 Å². The van der Waals surface area contributed by atoms with Gasteiger partial charge in [-0.3, -0.25) is 4.79 Å². The molecule has 0 aliphatic carbocycles. The predicted molar refractivity (Wildman–Crippen MR) is 112 cm³/mol. The number of halogens is 1. The summed E-state index contributed by atoms with van der Waals surface area (Å²) in [5.74, 6) is 1.39. The second kappa shape index (κ2) is 8.82. The Morgan fingerprint density at radius 1 is 1.33 bits per heavy atom. The van der Waals surface area contributed by atoms with Gasteiger partial charge in [0, 0.05) is 23.9 Å². The van der Waals surface area contributed by atoms with E-state index in [4.69, 9.17) is 0 Å². The lowest BCUT2D eigenvalue weighted by Gasteiger charge is -2.20. The van der Waals surface area contributed by atoms with Crippen molar-refractivity contribution < 1.29 is 4.79 Å². The van der Waals surface area contributed by atoms with Crippen molar-refractivity contribution >= 4 is 45.8 Å². The van der Waals surface area contributed by atoms with Crippen LogP contribution in [0.15, 0.2) is 24.4 Å². The summed E-state index contributed by atoms with van der Waals surface area (Å²) >= 11 is 1.60. The quantitative estimate of drug-likeness (QED) is 0.603. The molecule has 0 radical (unpaired) electrons. The first-order valence-corrected chi connectivity index (χ1v) is 9.91. The van der Waals surface area contributed by atoms with Crippen LogP contribution in [-0.2, 0) is 11.2 Å². The van der Waals surface area contributed by atoms with Crippen molar-refractivity contribution in [3.63, 3.8) is 0 Å². The average molecular weight is 406 g/mol. The Morgan fingerprint density at radius 3 is 2.93 bits per heavy atom. The third kappa shape index (κ3) is 4.66. The zero-order chi connectivity index (χ0) is 17.9. The minimum atomic E-state index is -0.0200. The summed E-state index contributed by atoms with van der Waals surface area (Å²) in [7, 11) is 0. The molecule has 0 saturated carbocycles. The van der Waals surface area contributed by atoms with Gasteiger partial charge in [-0.2, -0.15) is 0 Å². The topological polar surface area (TPSA) is 82.7 Å².